The minimum Gasteiger partial charge on any atom is -0.360 e. The van der Waals surface area contributed by atoms with Crippen molar-refractivity contribution in [2.24, 2.45) is 0 Å². The van der Waals surface area contributed by atoms with E-state index in [1.165, 1.54) is 0 Å². The standard InChI is InChI=1S/C27H27ClF3N5/c1-16-9-11-17(12-10-16)25(27(29,30)31)34-18-5-4-6-19(13-18)35-26-33-15-22(28)24(36-26)21-14-32-23-8-3-2-7-20(21)23/h2-3,7-12,14-15,18-19,25,32,34H,4-6,13H2,1H3,(H,33,35,36)/t18-,19+,25+/m0/s1. The van der Waals surface area contributed by atoms with E-state index in [9.17, 15) is 13.2 Å². The lowest BCUT2D eigenvalue weighted by Gasteiger charge is -2.34. The third-order valence-electron chi connectivity index (χ3n) is 6.74. The Balaban J connectivity index is 1.31. The van der Waals surface area contributed by atoms with Crippen LogP contribution in [-0.2, 0) is 0 Å². The molecule has 0 aliphatic heterocycles. The number of halogens is 4. The van der Waals surface area contributed by atoms with E-state index >= 15 is 0 Å². The number of para-hydroxylation sites is 1. The van der Waals surface area contributed by atoms with Gasteiger partial charge in [-0.25, -0.2) is 9.97 Å². The topological polar surface area (TPSA) is 65.6 Å². The molecule has 2 aromatic carbocycles. The summed E-state index contributed by atoms with van der Waals surface area (Å²) in [6, 6.07) is 12.4. The van der Waals surface area contributed by atoms with Crippen LogP contribution in [0.2, 0.25) is 5.02 Å². The van der Waals surface area contributed by atoms with Crippen molar-refractivity contribution in [1.29, 1.82) is 0 Å². The first kappa shape index (κ1) is 24.6. The van der Waals surface area contributed by atoms with Crippen LogP contribution in [0.5, 0.6) is 0 Å². The van der Waals surface area contributed by atoms with Crippen LogP contribution in [0.3, 0.4) is 0 Å². The Morgan fingerprint density at radius 3 is 2.58 bits per heavy atom. The molecule has 36 heavy (non-hydrogen) atoms. The Kier molecular flexibility index (Phi) is 6.90. The lowest BCUT2D eigenvalue weighted by molar-refractivity contribution is -0.160. The summed E-state index contributed by atoms with van der Waals surface area (Å²) in [7, 11) is 0. The Morgan fingerprint density at radius 1 is 1.06 bits per heavy atom. The average Bonchev–Trinajstić information content (AvgIpc) is 3.28. The maximum atomic E-state index is 13.9. The van der Waals surface area contributed by atoms with Crippen LogP contribution < -0.4 is 10.6 Å². The summed E-state index contributed by atoms with van der Waals surface area (Å²) in [6.45, 7) is 1.86. The van der Waals surface area contributed by atoms with Crippen LogP contribution in [0.4, 0.5) is 19.1 Å². The summed E-state index contributed by atoms with van der Waals surface area (Å²) >= 11 is 6.44. The Labute approximate surface area is 212 Å². The van der Waals surface area contributed by atoms with Gasteiger partial charge in [-0.3, -0.25) is 5.32 Å². The van der Waals surface area contributed by atoms with Crippen LogP contribution in [0, 0.1) is 6.92 Å². The van der Waals surface area contributed by atoms with Crippen LogP contribution in [-0.4, -0.2) is 33.2 Å². The summed E-state index contributed by atoms with van der Waals surface area (Å²) in [5.41, 5.74) is 3.61. The van der Waals surface area contributed by atoms with E-state index in [2.05, 4.69) is 25.6 Å². The van der Waals surface area contributed by atoms with Crippen molar-refractivity contribution in [2.75, 3.05) is 5.32 Å². The van der Waals surface area contributed by atoms with Gasteiger partial charge >= 0.3 is 6.18 Å². The van der Waals surface area contributed by atoms with E-state index < -0.39 is 12.2 Å². The molecule has 188 valence electrons. The molecule has 3 N–H and O–H groups in total. The zero-order chi connectivity index (χ0) is 25.3. The Morgan fingerprint density at radius 2 is 1.81 bits per heavy atom. The minimum absolute atomic E-state index is 0.0554. The maximum absolute atomic E-state index is 13.9. The molecule has 0 spiro atoms. The van der Waals surface area contributed by atoms with Crippen LogP contribution >= 0.6 is 11.6 Å². The molecular weight excluding hydrogens is 487 g/mol. The smallest absolute Gasteiger partial charge is 0.360 e. The number of benzene rings is 2. The first-order chi connectivity index (χ1) is 17.3. The molecular formula is C27H27ClF3N5. The lowest BCUT2D eigenvalue weighted by Crippen LogP contribution is -2.45. The zero-order valence-electron chi connectivity index (χ0n) is 19.7. The first-order valence-electron chi connectivity index (χ1n) is 12.0. The second kappa shape index (κ2) is 10.1. The van der Waals surface area contributed by atoms with Crippen molar-refractivity contribution < 1.29 is 13.2 Å². The Bertz CT molecular complexity index is 1340. The number of nitrogens with one attached hydrogen (secondary N) is 3. The normalized spacial score (nSPS) is 19.4. The van der Waals surface area contributed by atoms with Gasteiger partial charge < -0.3 is 10.3 Å². The number of aryl methyl sites for hydroxylation is 1. The molecule has 5 rings (SSSR count). The molecule has 0 radical (unpaired) electrons. The van der Waals surface area contributed by atoms with E-state index in [0.717, 1.165) is 34.9 Å². The summed E-state index contributed by atoms with van der Waals surface area (Å²) in [5, 5.41) is 7.65. The number of aromatic nitrogens is 3. The summed E-state index contributed by atoms with van der Waals surface area (Å²) in [5.74, 6) is 0.413. The largest absolute Gasteiger partial charge is 0.407 e. The SMILES string of the molecule is Cc1ccc([C@@H](N[C@H]2CCC[C@@H](Nc3ncc(Cl)c(-c4c[nH]c5ccccc45)n3)C2)C(F)(F)F)cc1. The first-order valence-corrected chi connectivity index (χ1v) is 12.4. The van der Waals surface area contributed by atoms with Crippen molar-refractivity contribution >= 4 is 28.5 Å². The fourth-order valence-electron chi connectivity index (χ4n) is 4.92. The number of nitrogens with zero attached hydrogens (tertiary/aromatic N) is 2. The van der Waals surface area contributed by atoms with Gasteiger partial charge in [-0.1, -0.05) is 59.6 Å². The van der Waals surface area contributed by atoms with Gasteiger partial charge in [-0.15, -0.1) is 0 Å². The van der Waals surface area contributed by atoms with Crippen molar-refractivity contribution in [1.82, 2.24) is 20.3 Å². The second-order valence-electron chi connectivity index (χ2n) is 9.39. The molecule has 0 bridgehead atoms. The zero-order valence-corrected chi connectivity index (χ0v) is 20.5. The molecule has 0 unspecified atom stereocenters. The van der Waals surface area contributed by atoms with Crippen LogP contribution in [0.25, 0.3) is 22.2 Å². The number of hydrogen-bond acceptors (Lipinski definition) is 4. The highest BCUT2D eigenvalue weighted by Gasteiger charge is 2.42. The molecule has 2 heterocycles. The van der Waals surface area contributed by atoms with Gasteiger partial charge in [0.2, 0.25) is 5.95 Å². The molecule has 1 saturated carbocycles. The minimum atomic E-state index is -4.39. The lowest BCUT2D eigenvalue weighted by atomic mass is 9.90. The van der Waals surface area contributed by atoms with Gasteiger partial charge in [0.05, 0.1) is 16.9 Å². The number of aromatic amines is 1. The van der Waals surface area contributed by atoms with Gasteiger partial charge in [0.25, 0.3) is 0 Å². The van der Waals surface area contributed by atoms with E-state index in [1.807, 2.05) is 37.4 Å². The molecule has 0 amide bonds. The summed E-state index contributed by atoms with van der Waals surface area (Å²) < 4.78 is 41.8. The van der Waals surface area contributed by atoms with Crippen LogP contribution in [0.1, 0.15) is 42.9 Å². The maximum Gasteiger partial charge on any atom is 0.407 e. The molecule has 5 nitrogen and oxygen atoms in total. The quantitative estimate of drug-likeness (QED) is 0.255. The average molecular weight is 514 g/mol. The summed E-state index contributed by atoms with van der Waals surface area (Å²) in [6.07, 6.45) is 1.88. The molecule has 1 aliphatic carbocycles. The highest BCUT2D eigenvalue weighted by molar-refractivity contribution is 6.33. The molecule has 1 aliphatic rings. The second-order valence-corrected chi connectivity index (χ2v) is 9.80. The van der Waals surface area contributed by atoms with E-state index in [4.69, 9.17) is 11.6 Å². The fourth-order valence-corrected chi connectivity index (χ4v) is 5.11. The van der Waals surface area contributed by atoms with Gasteiger partial charge in [0.15, 0.2) is 0 Å². The fraction of sp³-hybridized carbons (Fsp3) is 0.333. The molecule has 1 fully saturated rings. The van der Waals surface area contributed by atoms with Crippen molar-refractivity contribution in [3.63, 3.8) is 0 Å². The van der Waals surface area contributed by atoms with E-state index in [0.29, 0.717) is 29.5 Å². The highest BCUT2D eigenvalue weighted by Crippen LogP contribution is 2.36. The third-order valence-corrected chi connectivity index (χ3v) is 7.01. The number of H-pyrrole nitrogens is 1. The van der Waals surface area contributed by atoms with Crippen molar-refractivity contribution in [3.8, 4) is 11.3 Å². The highest BCUT2D eigenvalue weighted by atomic mass is 35.5. The number of rotatable bonds is 6. The van der Waals surface area contributed by atoms with Crippen molar-refractivity contribution in [2.45, 2.75) is 56.9 Å². The van der Waals surface area contributed by atoms with Gasteiger partial charge in [-0.2, -0.15) is 13.2 Å². The molecule has 9 heteroatoms. The van der Waals surface area contributed by atoms with E-state index in [1.54, 1.807) is 30.5 Å². The molecule has 0 saturated heterocycles. The van der Waals surface area contributed by atoms with Gasteiger partial charge in [-0.05, 0) is 44.2 Å². The van der Waals surface area contributed by atoms with Gasteiger partial charge in [0, 0.05) is 34.7 Å². The number of fused-ring (bicyclic) bond motifs is 1. The number of alkyl halides is 3. The molecule has 4 aromatic rings. The predicted molar refractivity (Wildman–Crippen MR) is 137 cm³/mol. The predicted octanol–water partition coefficient (Wildman–Crippen LogP) is 7.20. The summed E-state index contributed by atoms with van der Waals surface area (Å²) in [4.78, 5) is 12.2. The van der Waals surface area contributed by atoms with Gasteiger partial charge in [0.1, 0.15) is 6.04 Å². The van der Waals surface area contributed by atoms with Crippen LogP contribution in [0.15, 0.2) is 60.9 Å². The Hall–Kier alpha value is -3.10. The molecule has 3 atom stereocenters. The number of hydrogen-bond donors (Lipinski definition) is 3. The van der Waals surface area contributed by atoms with E-state index in [-0.39, 0.29) is 17.6 Å². The number of anilines is 1. The molecule has 2 aromatic heterocycles. The third kappa shape index (κ3) is 5.34. The monoisotopic (exact) mass is 513 g/mol. The van der Waals surface area contributed by atoms with Crippen molar-refractivity contribution in [3.05, 3.63) is 77.1 Å².